The van der Waals surface area contributed by atoms with Gasteiger partial charge >= 0.3 is 6.03 Å². The number of benzene rings is 3. The molecule has 0 bridgehead atoms. The normalized spacial score (nSPS) is 15.2. The summed E-state index contributed by atoms with van der Waals surface area (Å²) in [6.45, 7) is 5.95. The average molecular weight is 426 g/mol. The molecule has 0 spiro atoms. The van der Waals surface area contributed by atoms with Crippen LogP contribution < -0.4 is 15.0 Å². The Morgan fingerprint density at radius 1 is 1.00 bits per heavy atom. The zero-order valence-electron chi connectivity index (χ0n) is 17.6. The minimum atomic E-state index is -0.776. The van der Waals surface area contributed by atoms with Gasteiger partial charge in [-0.1, -0.05) is 62.0 Å². The van der Waals surface area contributed by atoms with Gasteiger partial charge < -0.3 is 4.74 Å². The van der Waals surface area contributed by atoms with E-state index in [4.69, 9.17) is 4.74 Å². The van der Waals surface area contributed by atoms with Gasteiger partial charge in [0.25, 0.3) is 11.8 Å². The largest absolute Gasteiger partial charge is 0.489 e. The second-order valence-electron chi connectivity index (χ2n) is 7.28. The molecule has 6 nitrogen and oxygen atoms in total. The molecule has 1 saturated heterocycles. The summed E-state index contributed by atoms with van der Waals surface area (Å²) < 4.78 is 5.78. The fourth-order valence-corrected chi connectivity index (χ4v) is 3.62. The lowest BCUT2D eigenvalue weighted by Crippen LogP contribution is -2.54. The van der Waals surface area contributed by atoms with Crippen molar-refractivity contribution < 1.29 is 19.1 Å². The molecule has 6 heteroatoms. The highest BCUT2D eigenvalue weighted by Crippen LogP contribution is 2.32. The summed E-state index contributed by atoms with van der Waals surface area (Å²) in [6.07, 6.45) is 3.93. The third kappa shape index (κ3) is 3.90. The molecule has 32 heavy (non-hydrogen) atoms. The third-order valence-corrected chi connectivity index (χ3v) is 5.28. The van der Waals surface area contributed by atoms with Gasteiger partial charge in [0.2, 0.25) is 0 Å². The number of amides is 4. The minimum Gasteiger partial charge on any atom is -0.489 e. The molecule has 0 radical (unpaired) electrons. The number of imide groups is 2. The fraction of sp³-hybridized carbons (Fsp3) is 0.115. The van der Waals surface area contributed by atoms with Crippen LogP contribution in [0.5, 0.6) is 5.75 Å². The van der Waals surface area contributed by atoms with Crippen molar-refractivity contribution in [2.75, 3.05) is 11.5 Å². The second kappa shape index (κ2) is 8.89. The van der Waals surface area contributed by atoms with Crippen molar-refractivity contribution in [2.24, 2.45) is 0 Å². The van der Waals surface area contributed by atoms with E-state index in [1.807, 2.05) is 49.4 Å². The Labute approximate surface area is 185 Å². The molecule has 0 aliphatic carbocycles. The van der Waals surface area contributed by atoms with E-state index in [0.29, 0.717) is 17.0 Å². The monoisotopic (exact) mass is 426 g/mol. The van der Waals surface area contributed by atoms with Crippen LogP contribution in [0.1, 0.15) is 18.1 Å². The minimum absolute atomic E-state index is 0.149. The molecule has 1 heterocycles. The summed E-state index contributed by atoms with van der Waals surface area (Å²) in [5, 5.41) is 4.02. The molecule has 0 saturated carbocycles. The highest BCUT2D eigenvalue weighted by Gasteiger charge is 2.37. The number of fused-ring (bicyclic) bond motifs is 1. The Bertz CT molecular complexity index is 1260. The molecule has 1 aliphatic heterocycles. The number of hydrogen-bond donors (Lipinski definition) is 1. The van der Waals surface area contributed by atoms with Gasteiger partial charge in [-0.15, -0.1) is 0 Å². The van der Waals surface area contributed by atoms with Gasteiger partial charge in [-0.2, -0.15) is 0 Å². The van der Waals surface area contributed by atoms with Gasteiger partial charge in [0.1, 0.15) is 17.9 Å². The number of barbiturate groups is 1. The maximum Gasteiger partial charge on any atom is 0.335 e. The van der Waals surface area contributed by atoms with Crippen molar-refractivity contribution in [3.63, 3.8) is 0 Å². The van der Waals surface area contributed by atoms with Crippen molar-refractivity contribution in [2.45, 2.75) is 13.3 Å². The van der Waals surface area contributed by atoms with Crippen LogP contribution in [-0.4, -0.2) is 24.5 Å². The zero-order chi connectivity index (χ0) is 22.7. The molecular weight excluding hydrogens is 404 g/mol. The lowest BCUT2D eigenvalue weighted by atomic mass is 9.99. The van der Waals surface area contributed by atoms with Gasteiger partial charge in [-0.3, -0.25) is 14.9 Å². The van der Waals surface area contributed by atoms with Gasteiger partial charge in [0, 0.05) is 5.56 Å². The van der Waals surface area contributed by atoms with Crippen LogP contribution in [0.25, 0.3) is 16.8 Å². The van der Waals surface area contributed by atoms with Crippen LogP contribution in [0, 0.1) is 0 Å². The number of carbonyl (C=O) groups is 3. The molecule has 1 fully saturated rings. The number of ether oxygens (including phenoxy) is 1. The van der Waals surface area contributed by atoms with Crippen molar-refractivity contribution in [3.05, 3.63) is 90.0 Å². The van der Waals surface area contributed by atoms with E-state index in [1.165, 1.54) is 6.08 Å². The van der Waals surface area contributed by atoms with Crippen LogP contribution in [0.3, 0.4) is 0 Å². The van der Waals surface area contributed by atoms with Crippen molar-refractivity contribution in [1.82, 2.24) is 5.32 Å². The highest BCUT2D eigenvalue weighted by molar-refractivity contribution is 6.39. The van der Waals surface area contributed by atoms with E-state index in [-0.39, 0.29) is 12.2 Å². The number of hydrogen-bond acceptors (Lipinski definition) is 4. The molecule has 1 aliphatic rings. The summed E-state index contributed by atoms with van der Waals surface area (Å²) in [5.41, 5.74) is 1.90. The Hall–Kier alpha value is -4.19. The van der Waals surface area contributed by atoms with E-state index >= 15 is 0 Å². The zero-order valence-corrected chi connectivity index (χ0v) is 17.6. The van der Waals surface area contributed by atoms with Gasteiger partial charge in [-0.05, 0) is 47.0 Å². The smallest absolute Gasteiger partial charge is 0.335 e. The maximum atomic E-state index is 13.3. The molecule has 3 aromatic carbocycles. The van der Waals surface area contributed by atoms with Gasteiger partial charge in [-0.25, -0.2) is 9.69 Å². The molecule has 1 N–H and O–H groups in total. The summed E-state index contributed by atoms with van der Waals surface area (Å²) >= 11 is 0. The first kappa shape index (κ1) is 21.1. The van der Waals surface area contributed by atoms with E-state index in [1.54, 1.807) is 24.3 Å². The fourth-order valence-electron chi connectivity index (χ4n) is 3.62. The highest BCUT2D eigenvalue weighted by atomic mass is 16.5. The summed E-state index contributed by atoms with van der Waals surface area (Å²) in [7, 11) is 0. The quantitative estimate of drug-likeness (QED) is 0.354. The van der Waals surface area contributed by atoms with Crippen molar-refractivity contribution in [3.8, 4) is 5.75 Å². The first-order valence-electron chi connectivity index (χ1n) is 10.3. The third-order valence-electron chi connectivity index (χ3n) is 5.28. The summed E-state index contributed by atoms with van der Waals surface area (Å²) in [6, 6.07) is 17.6. The number of anilines is 1. The lowest BCUT2D eigenvalue weighted by Gasteiger charge is -2.26. The molecule has 0 unspecified atom stereocenters. The van der Waals surface area contributed by atoms with E-state index in [0.717, 1.165) is 27.7 Å². The second-order valence-corrected chi connectivity index (χ2v) is 7.28. The summed E-state index contributed by atoms with van der Waals surface area (Å²) in [5.74, 6) is -0.929. The molecular formula is C26H22N2O4. The van der Waals surface area contributed by atoms with Crippen LogP contribution in [-0.2, 0) is 16.0 Å². The SMILES string of the molecule is C=CCOc1ccc2ccccc2c1/C=C1\C(=O)NC(=O)N(c2ccc(CC)cc2)C1=O. The predicted molar refractivity (Wildman–Crippen MR) is 124 cm³/mol. The number of nitrogens with one attached hydrogen (secondary N) is 1. The summed E-state index contributed by atoms with van der Waals surface area (Å²) in [4.78, 5) is 39.4. The molecule has 0 aromatic heterocycles. The molecule has 0 atom stereocenters. The topological polar surface area (TPSA) is 75.7 Å². The number of aryl methyl sites for hydroxylation is 1. The van der Waals surface area contributed by atoms with Crippen molar-refractivity contribution >= 4 is 40.4 Å². The number of carbonyl (C=O) groups excluding carboxylic acids is 3. The Balaban J connectivity index is 1.82. The Morgan fingerprint density at radius 2 is 1.75 bits per heavy atom. The van der Waals surface area contributed by atoms with Gasteiger partial charge in [0.05, 0.1) is 5.69 Å². The van der Waals surface area contributed by atoms with Gasteiger partial charge in [0.15, 0.2) is 0 Å². The van der Waals surface area contributed by atoms with Crippen LogP contribution in [0.2, 0.25) is 0 Å². The first-order chi connectivity index (χ1) is 15.5. The number of rotatable bonds is 6. The van der Waals surface area contributed by atoms with E-state index < -0.39 is 17.8 Å². The molecule has 3 aromatic rings. The predicted octanol–water partition coefficient (Wildman–Crippen LogP) is 4.63. The lowest BCUT2D eigenvalue weighted by molar-refractivity contribution is -0.122. The molecule has 4 amide bonds. The molecule has 160 valence electrons. The van der Waals surface area contributed by atoms with Crippen LogP contribution in [0.15, 0.2) is 78.9 Å². The van der Waals surface area contributed by atoms with Crippen LogP contribution in [0.4, 0.5) is 10.5 Å². The first-order valence-corrected chi connectivity index (χ1v) is 10.3. The van der Waals surface area contributed by atoms with Crippen LogP contribution >= 0.6 is 0 Å². The van der Waals surface area contributed by atoms with E-state index in [2.05, 4.69) is 11.9 Å². The number of urea groups is 1. The Morgan fingerprint density at radius 3 is 2.47 bits per heavy atom. The molecule has 4 rings (SSSR count). The number of nitrogens with zero attached hydrogens (tertiary/aromatic N) is 1. The maximum absolute atomic E-state index is 13.3. The standard InChI is InChI=1S/C26H22N2O4/c1-3-15-32-23-14-11-18-7-5-6-8-20(18)21(23)16-22-24(29)27-26(31)28(25(22)30)19-12-9-17(4-2)10-13-19/h3,5-14,16H,1,4,15H2,2H3,(H,27,29,31)/b22-16+. The Kier molecular flexibility index (Phi) is 5.85. The average Bonchev–Trinajstić information content (AvgIpc) is 2.81. The van der Waals surface area contributed by atoms with Crippen molar-refractivity contribution in [1.29, 1.82) is 0 Å². The van der Waals surface area contributed by atoms with E-state index in [9.17, 15) is 14.4 Å².